The zero-order valence-electron chi connectivity index (χ0n) is 13.6. The van der Waals surface area contributed by atoms with Gasteiger partial charge in [-0.15, -0.1) is 0 Å². The van der Waals surface area contributed by atoms with Gasteiger partial charge in [0.15, 0.2) is 12.1 Å². The summed E-state index contributed by atoms with van der Waals surface area (Å²) < 4.78 is 28.2. The molecule has 126 valence electrons. The lowest BCUT2D eigenvalue weighted by atomic mass is 10.1. The van der Waals surface area contributed by atoms with E-state index in [9.17, 15) is 4.79 Å². The van der Waals surface area contributed by atoms with Crippen LogP contribution in [-0.2, 0) is 35.1 Å². The number of carbonyl (C=O) groups is 1. The van der Waals surface area contributed by atoms with Crippen molar-refractivity contribution in [1.29, 1.82) is 0 Å². The van der Waals surface area contributed by atoms with Crippen molar-refractivity contribution in [3.63, 3.8) is 0 Å². The van der Waals surface area contributed by atoms with Gasteiger partial charge in [0.25, 0.3) is 0 Å². The summed E-state index contributed by atoms with van der Waals surface area (Å²) >= 11 is 0. The molecule has 0 amide bonds. The second-order valence-corrected chi connectivity index (χ2v) is 6.18. The van der Waals surface area contributed by atoms with Crippen molar-refractivity contribution in [2.45, 2.75) is 57.3 Å². The maximum atomic E-state index is 11.6. The molecule has 0 N–H and O–H groups in total. The number of carbonyl (C=O) groups excluding carboxylic acids is 1. The zero-order chi connectivity index (χ0) is 16.4. The van der Waals surface area contributed by atoms with Crippen LogP contribution < -0.4 is 0 Å². The summed E-state index contributed by atoms with van der Waals surface area (Å²) in [5, 5.41) is 0. The SMILES string of the molecule is COC(=O)CC1OC2OC(C)(C)OC2C1OCc1ccccc1. The van der Waals surface area contributed by atoms with Crippen LogP contribution in [0.1, 0.15) is 25.8 Å². The van der Waals surface area contributed by atoms with Crippen LogP contribution >= 0.6 is 0 Å². The largest absolute Gasteiger partial charge is 0.469 e. The predicted molar refractivity (Wildman–Crippen MR) is 80.4 cm³/mol. The van der Waals surface area contributed by atoms with Crippen molar-refractivity contribution in [3.05, 3.63) is 35.9 Å². The molecule has 2 saturated heterocycles. The lowest BCUT2D eigenvalue weighted by Gasteiger charge is -2.25. The lowest BCUT2D eigenvalue weighted by Crippen LogP contribution is -2.37. The average Bonchev–Trinajstić information content (AvgIpc) is 2.97. The van der Waals surface area contributed by atoms with Gasteiger partial charge in [-0.2, -0.15) is 0 Å². The van der Waals surface area contributed by atoms with Crippen LogP contribution in [0.5, 0.6) is 0 Å². The standard InChI is InChI=1S/C17H22O6/c1-17(2)22-15-14(20-10-11-7-5-4-6-8-11)12(9-13(18)19-3)21-16(15)23-17/h4-8,12,14-16H,9-10H2,1-3H3. The molecule has 0 saturated carbocycles. The Morgan fingerprint density at radius 3 is 2.65 bits per heavy atom. The summed E-state index contributed by atoms with van der Waals surface area (Å²) in [5.41, 5.74) is 1.05. The third-order valence-corrected chi connectivity index (χ3v) is 3.97. The number of esters is 1. The molecule has 2 aliphatic heterocycles. The van der Waals surface area contributed by atoms with E-state index >= 15 is 0 Å². The first-order valence-corrected chi connectivity index (χ1v) is 7.72. The Bertz CT molecular complexity index is 543. The molecule has 2 fully saturated rings. The van der Waals surface area contributed by atoms with E-state index in [1.165, 1.54) is 7.11 Å². The smallest absolute Gasteiger partial charge is 0.308 e. The number of ether oxygens (including phenoxy) is 5. The van der Waals surface area contributed by atoms with Gasteiger partial charge in [-0.05, 0) is 19.4 Å². The number of benzene rings is 1. The van der Waals surface area contributed by atoms with E-state index < -0.39 is 18.2 Å². The third kappa shape index (κ3) is 3.72. The Kier molecular flexibility index (Phi) is 4.68. The van der Waals surface area contributed by atoms with Crippen molar-refractivity contribution in [3.8, 4) is 0 Å². The highest BCUT2D eigenvalue weighted by molar-refractivity contribution is 5.69. The molecule has 2 aliphatic rings. The average molecular weight is 322 g/mol. The van der Waals surface area contributed by atoms with E-state index in [2.05, 4.69) is 0 Å². The van der Waals surface area contributed by atoms with Crippen LogP contribution in [0.4, 0.5) is 0 Å². The molecule has 1 aromatic rings. The number of hydrogen-bond donors (Lipinski definition) is 0. The molecular weight excluding hydrogens is 300 g/mol. The first-order chi connectivity index (χ1) is 11.0. The molecule has 0 radical (unpaired) electrons. The van der Waals surface area contributed by atoms with Gasteiger partial charge in [-0.25, -0.2) is 0 Å². The second kappa shape index (κ2) is 6.57. The van der Waals surface area contributed by atoms with E-state index in [-0.39, 0.29) is 24.6 Å². The van der Waals surface area contributed by atoms with Gasteiger partial charge in [0, 0.05) is 0 Å². The van der Waals surface area contributed by atoms with E-state index in [1.54, 1.807) is 0 Å². The summed E-state index contributed by atoms with van der Waals surface area (Å²) in [5.74, 6) is -1.07. The minimum atomic E-state index is -0.722. The van der Waals surface area contributed by atoms with Crippen LogP contribution in [-0.4, -0.2) is 43.5 Å². The molecule has 23 heavy (non-hydrogen) atoms. The molecule has 6 heteroatoms. The van der Waals surface area contributed by atoms with Gasteiger partial charge in [0.1, 0.15) is 18.3 Å². The van der Waals surface area contributed by atoms with Crippen molar-refractivity contribution < 1.29 is 28.5 Å². The number of rotatable bonds is 5. The minimum absolute atomic E-state index is 0.107. The summed E-state index contributed by atoms with van der Waals surface area (Å²) in [6.07, 6.45) is -1.61. The second-order valence-electron chi connectivity index (χ2n) is 6.18. The molecule has 6 nitrogen and oxygen atoms in total. The Labute approximate surface area is 135 Å². The molecule has 1 aromatic carbocycles. The normalized spacial score (nSPS) is 31.8. The molecule has 0 bridgehead atoms. The molecule has 2 heterocycles. The van der Waals surface area contributed by atoms with Gasteiger partial charge in [-0.1, -0.05) is 30.3 Å². The van der Waals surface area contributed by atoms with Crippen molar-refractivity contribution in [2.24, 2.45) is 0 Å². The van der Waals surface area contributed by atoms with Crippen molar-refractivity contribution >= 4 is 5.97 Å². The fourth-order valence-corrected chi connectivity index (χ4v) is 2.93. The van der Waals surface area contributed by atoms with E-state index in [0.29, 0.717) is 6.61 Å². The maximum Gasteiger partial charge on any atom is 0.308 e. The van der Waals surface area contributed by atoms with Crippen LogP contribution in [0.3, 0.4) is 0 Å². The first-order valence-electron chi connectivity index (χ1n) is 7.72. The third-order valence-electron chi connectivity index (χ3n) is 3.97. The van der Waals surface area contributed by atoms with E-state index in [0.717, 1.165) is 5.56 Å². The Balaban J connectivity index is 1.69. The summed E-state index contributed by atoms with van der Waals surface area (Å²) in [6.45, 7) is 4.08. The first kappa shape index (κ1) is 16.4. The van der Waals surface area contributed by atoms with Crippen molar-refractivity contribution in [2.75, 3.05) is 7.11 Å². The lowest BCUT2D eigenvalue weighted by molar-refractivity contribution is -0.220. The van der Waals surface area contributed by atoms with Crippen LogP contribution in [0.25, 0.3) is 0 Å². The van der Waals surface area contributed by atoms with E-state index in [1.807, 2.05) is 44.2 Å². The van der Waals surface area contributed by atoms with Crippen LogP contribution in [0.2, 0.25) is 0 Å². The highest BCUT2D eigenvalue weighted by Crippen LogP contribution is 2.39. The topological polar surface area (TPSA) is 63.2 Å². The van der Waals surface area contributed by atoms with Crippen LogP contribution in [0, 0.1) is 0 Å². The predicted octanol–water partition coefficient (Wildman–Crippen LogP) is 2.01. The molecule has 0 aliphatic carbocycles. The van der Waals surface area contributed by atoms with Gasteiger partial charge in [0.05, 0.1) is 20.1 Å². The number of methoxy groups -OCH3 is 1. The van der Waals surface area contributed by atoms with Gasteiger partial charge >= 0.3 is 5.97 Å². The van der Waals surface area contributed by atoms with Crippen molar-refractivity contribution in [1.82, 2.24) is 0 Å². The molecule has 3 rings (SSSR count). The Morgan fingerprint density at radius 1 is 1.22 bits per heavy atom. The quantitative estimate of drug-likeness (QED) is 0.773. The van der Waals surface area contributed by atoms with Crippen LogP contribution in [0.15, 0.2) is 30.3 Å². The molecule has 4 atom stereocenters. The maximum absolute atomic E-state index is 11.6. The fraction of sp³-hybridized carbons (Fsp3) is 0.588. The summed E-state index contributed by atoms with van der Waals surface area (Å²) in [6, 6.07) is 9.83. The van der Waals surface area contributed by atoms with Gasteiger partial charge in [0.2, 0.25) is 0 Å². The molecular formula is C17H22O6. The highest BCUT2D eigenvalue weighted by Gasteiger charge is 2.55. The summed E-state index contributed by atoms with van der Waals surface area (Å²) in [4.78, 5) is 11.6. The monoisotopic (exact) mass is 322 g/mol. The van der Waals surface area contributed by atoms with E-state index in [4.69, 9.17) is 23.7 Å². The highest BCUT2D eigenvalue weighted by atomic mass is 16.8. The molecule has 0 aromatic heterocycles. The van der Waals surface area contributed by atoms with Gasteiger partial charge < -0.3 is 23.7 Å². The number of hydrogen-bond acceptors (Lipinski definition) is 6. The van der Waals surface area contributed by atoms with Gasteiger partial charge in [-0.3, -0.25) is 4.79 Å². The minimum Gasteiger partial charge on any atom is -0.469 e. The Hall–Kier alpha value is -1.47. The number of fused-ring (bicyclic) bond motifs is 1. The zero-order valence-corrected chi connectivity index (χ0v) is 13.6. The fourth-order valence-electron chi connectivity index (χ4n) is 2.93. The molecule has 0 spiro atoms. The molecule has 4 unspecified atom stereocenters. The Morgan fingerprint density at radius 2 is 1.96 bits per heavy atom. The summed E-state index contributed by atoms with van der Waals surface area (Å²) in [7, 11) is 1.36.